The average Bonchev–Trinajstić information content (AvgIpc) is 3.19. The first kappa shape index (κ1) is 20.9. The van der Waals surface area contributed by atoms with Crippen LogP contribution < -0.4 is 10.1 Å². The molecule has 0 saturated heterocycles. The topological polar surface area (TPSA) is 84.6 Å². The zero-order valence-corrected chi connectivity index (χ0v) is 18.6. The molecule has 4 rings (SSSR count). The molecule has 4 aromatic rings. The number of carbonyl (C=O) groups is 1. The normalized spacial score (nSPS) is 12.0. The van der Waals surface area contributed by atoms with Gasteiger partial charge in [0.25, 0.3) is 5.91 Å². The summed E-state index contributed by atoms with van der Waals surface area (Å²) >= 11 is 3.29. The van der Waals surface area contributed by atoms with Crippen molar-refractivity contribution in [2.24, 2.45) is 0 Å². The Hall–Kier alpha value is -3.32. The Morgan fingerprint density at radius 2 is 2.03 bits per heavy atom. The summed E-state index contributed by atoms with van der Waals surface area (Å²) in [5, 5.41) is 12.6. The SMILES string of the molecule is CC[C@H](C)Oc1cccc(C(=O)Nc2ccc3oc(-c4ccc(O)c(Br)c4)nc3c2)c1. The number of carbonyl (C=O) groups excluding carboxylic acids is 1. The predicted octanol–water partition coefficient (Wildman–Crippen LogP) is 6.39. The van der Waals surface area contributed by atoms with Gasteiger partial charge in [-0.3, -0.25) is 4.79 Å². The van der Waals surface area contributed by atoms with Crippen molar-refractivity contribution >= 4 is 38.6 Å². The fraction of sp³-hybridized carbons (Fsp3) is 0.167. The van der Waals surface area contributed by atoms with Gasteiger partial charge in [-0.25, -0.2) is 4.98 Å². The van der Waals surface area contributed by atoms with E-state index in [0.29, 0.717) is 38.5 Å². The minimum Gasteiger partial charge on any atom is -0.507 e. The van der Waals surface area contributed by atoms with Crippen molar-refractivity contribution in [3.05, 3.63) is 70.7 Å². The Labute approximate surface area is 188 Å². The highest BCUT2D eigenvalue weighted by Crippen LogP contribution is 2.31. The van der Waals surface area contributed by atoms with Crippen LogP contribution in [0.15, 0.2) is 69.6 Å². The first-order valence-electron chi connectivity index (χ1n) is 9.90. The van der Waals surface area contributed by atoms with Gasteiger partial charge in [0.15, 0.2) is 5.58 Å². The quantitative estimate of drug-likeness (QED) is 0.333. The molecule has 2 N–H and O–H groups in total. The first-order chi connectivity index (χ1) is 14.9. The number of aromatic nitrogens is 1. The van der Waals surface area contributed by atoms with Crippen LogP contribution >= 0.6 is 15.9 Å². The molecule has 31 heavy (non-hydrogen) atoms. The number of nitrogens with one attached hydrogen (secondary N) is 1. The Balaban J connectivity index is 1.54. The van der Waals surface area contributed by atoms with Crippen LogP contribution in [0, 0.1) is 0 Å². The van der Waals surface area contributed by atoms with Crippen molar-refractivity contribution in [2.45, 2.75) is 26.4 Å². The summed E-state index contributed by atoms with van der Waals surface area (Å²) in [5.74, 6) is 0.997. The monoisotopic (exact) mass is 480 g/mol. The van der Waals surface area contributed by atoms with Gasteiger partial charge in [0.2, 0.25) is 5.89 Å². The average molecular weight is 481 g/mol. The molecule has 0 radical (unpaired) electrons. The molecular formula is C24H21BrN2O4. The third-order valence-electron chi connectivity index (χ3n) is 4.85. The summed E-state index contributed by atoms with van der Waals surface area (Å²) in [4.78, 5) is 17.2. The van der Waals surface area contributed by atoms with Gasteiger partial charge in [-0.1, -0.05) is 13.0 Å². The fourth-order valence-corrected chi connectivity index (χ4v) is 3.38. The number of rotatable bonds is 6. The zero-order chi connectivity index (χ0) is 22.0. The lowest BCUT2D eigenvalue weighted by atomic mass is 10.2. The fourth-order valence-electron chi connectivity index (χ4n) is 3.00. The minimum absolute atomic E-state index is 0.0799. The van der Waals surface area contributed by atoms with Gasteiger partial charge in [-0.05, 0) is 83.9 Å². The molecule has 0 bridgehead atoms. The lowest BCUT2D eigenvalue weighted by molar-refractivity contribution is 0.102. The minimum atomic E-state index is -0.236. The summed E-state index contributed by atoms with van der Waals surface area (Å²) < 4.78 is 12.2. The van der Waals surface area contributed by atoms with Crippen LogP contribution in [0.5, 0.6) is 11.5 Å². The van der Waals surface area contributed by atoms with E-state index >= 15 is 0 Å². The number of ether oxygens (including phenoxy) is 1. The van der Waals surface area contributed by atoms with Crippen LogP contribution in [0.1, 0.15) is 30.6 Å². The van der Waals surface area contributed by atoms with E-state index in [4.69, 9.17) is 9.15 Å². The van der Waals surface area contributed by atoms with Gasteiger partial charge >= 0.3 is 0 Å². The summed E-state index contributed by atoms with van der Waals surface area (Å²) in [6.45, 7) is 4.04. The summed E-state index contributed by atoms with van der Waals surface area (Å²) in [6.07, 6.45) is 0.966. The van der Waals surface area contributed by atoms with Crippen LogP contribution in [-0.4, -0.2) is 22.1 Å². The largest absolute Gasteiger partial charge is 0.507 e. The van der Waals surface area contributed by atoms with Crippen molar-refractivity contribution < 1.29 is 19.1 Å². The second-order valence-corrected chi connectivity index (χ2v) is 8.04. The molecule has 0 saturated carbocycles. The number of benzene rings is 3. The van der Waals surface area contributed by atoms with Gasteiger partial charge in [-0.15, -0.1) is 0 Å². The highest BCUT2D eigenvalue weighted by Gasteiger charge is 2.13. The Bertz CT molecular complexity index is 1250. The van der Waals surface area contributed by atoms with Crippen molar-refractivity contribution in [3.8, 4) is 23.0 Å². The smallest absolute Gasteiger partial charge is 0.255 e. The highest BCUT2D eigenvalue weighted by atomic mass is 79.9. The van der Waals surface area contributed by atoms with E-state index in [-0.39, 0.29) is 17.8 Å². The molecular weight excluding hydrogens is 460 g/mol. The van der Waals surface area contributed by atoms with Crippen LogP contribution in [0.3, 0.4) is 0 Å². The van der Waals surface area contributed by atoms with Gasteiger partial charge in [0.1, 0.15) is 17.0 Å². The molecule has 1 amide bonds. The van der Waals surface area contributed by atoms with Crippen LogP contribution in [-0.2, 0) is 0 Å². The van der Waals surface area contributed by atoms with E-state index in [9.17, 15) is 9.90 Å². The number of phenolic OH excluding ortho intramolecular Hbond substituents is 1. The molecule has 1 aromatic heterocycles. The number of fused-ring (bicyclic) bond motifs is 1. The number of aromatic hydroxyl groups is 1. The highest BCUT2D eigenvalue weighted by molar-refractivity contribution is 9.10. The maximum Gasteiger partial charge on any atom is 0.255 e. The van der Waals surface area contributed by atoms with E-state index in [1.165, 1.54) is 0 Å². The van der Waals surface area contributed by atoms with Crippen molar-refractivity contribution in [1.82, 2.24) is 4.98 Å². The molecule has 0 fully saturated rings. The van der Waals surface area contributed by atoms with E-state index in [1.54, 1.807) is 54.6 Å². The number of hydrogen-bond donors (Lipinski definition) is 2. The van der Waals surface area contributed by atoms with Crippen LogP contribution in [0.25, 0.3) is 22.6 Å². The van der Waals surface area contributed by atoms with E-state index in [0.717, 1.165) is 12.0 Å². The Morgan fingerprint density at radius 3 is 2.81 bits per heavy atom. The molecule has 158 valence electrons. The summed E-state index contributed by atoms with van der Waals surface area (Å²) in [6, 6.07) is 17.4. The number of nitrogens with zero attached hydrogens (tertiary/aromatic N) is 1. The molecule has 6 nitrogen and oxygen atoms in total. The van der Waals surface area contributed by atoms with Gasteiger partial charge in [-0.2, -0.15) is 0 Å². The van der Waals surface area contributed by atoms with E-state index in [2.05, 4.69) is 26.2 Å². The lowest BCUT2D eigenvalue weighted by Gasteiger charge is -2.13. The first-order valence-corrected chi connectivity index (χ1v) is 10.7. The summed E-state index contributed by atoms with van der Waals surface area (Å²) in [5.41, 5.74) is 3.06. The number of oxazole rings is 1. The van der Waals surface area contributed by atoms with Crippen molar-refractivity contribution in [3.63, 3.8) is 0 Å². The van der Waals surface area contributed by atoms with Gasteiger partial charge in [0.05, 0.1) is 10.6 Å². The molecule has 0 aliphatic carbocycles. The lowest BCUT2D eigenvalue weighted by Crippen LogP contribution is -2.13. The number of halogens is 1. The molecule has 0 spiro atoms. The molecule has 1 heterocycles. The number of anilines is 1. The Kier molecular flexibility index (Phi) is 5.95. The number of phenols is 1. The van der Waals surface area contributed by atoms with Crippen molar-refractivity contribution in [1.29, 1.82) is 0 Å². The number of amides is 1. The van der Waals surface area contributed by atoms with Crippen LogP contribution in [0.2, 0.25) is 0 Å². The number of hydrogen-bond acceptors (Lipinski definition) is 5. The predicted molar refractivity (Wildman–Crippen MR) is 124 cm³/mol. The van der Waals surface area contributed by atoms with E-state index in [1.807, 2.05) is 19.9 Å². The summed E-state index contributed by atoms with van der Waals surface area (Å²) in [7, 11) is 0. The van der Waals surface area contributed by atoms with Gasteiger partial charge in [0, 0.05) is 16.8 Å². The van der Waals surface area contributed by atoms with E-state index < -0.39 is 0 Å². The molecule has 1 atom stereocenters. The third kappa shape index (κ3) is 4.72. The molecule has 0 unspecified atom stereocenters. The molecule has 3 aromatic carbocycles. The second kappa shape index (κ2) is 8.81. The third-order valence-corrected chi connectivity index (χ3v) is 5.48. The van der Waals surface area contributed by atoms with Gasteiger partial charge < -0.3 is 19.6 Å². The maximum atomic E-state index is 12.7. The molecule has 7 heteroatoms. The molecule has 0 aliphatic heterocycles. The van der Waals surface area contributed by atoms with Crippen LogP contribution in [0.4, 0.5) is 5.69 Å². The maximum absolute atomic E-state index is 12.7. The standard InChI is InChI=1S/C24H21BrN2O4/c1-3-14(2)30-18-6-4-5-15(11-18)23(29)26-17-8-10-22-20(13-17)27-24(31-22)16-7-9-21(28)19(25)12-16/h4-14,28H,3H2,1-2H3,(H,26,29)/t14-/m0/s1. The Morgan fingerprint density at radius 1 is 1.19 bits per heavy atom. The van der Waals surface area contributed by atoms with Crippen molar-refractivity contribution in [2.75, 3.05) is 5.32 Å². The second-order valence-electron chi connectivity index (χ2n) is 7.19. The zero-order valence-electron chi connectivity index (χ0n) is 17.1. The molecule has 0 aliphatic rings.